The van der Waals surface area contributed by atoms with Crippen LogP contribution in [0.25, 0.3) is 33.6 Å². The van der Waals surface area contributed by atoms with Crippen LogP contribution < -0.4 is 14.8 Å². The highest BCUT2D eigenvalue weighted by Crippen LogP contribution is 2.43. The SMILES string of the molecule is COc1ccc(-c2oc3ncnc(Nc4cccc([O])c4)c3c2-c2ccc(OC)cc2)cc1. The van der Waals surface area contributed by atoms with E-state index in [1.807, 2.05) is 54.6 Å². The zero-order valence-corrected chi connectivity index (χ0v) is 18.0. The Kier molecular flexibility index (Phi) is 5.28. The van der Waals surface area contributed by atoms with Crippen molar-refractivity contribution in [3.8, 4) is 39.7 Å². The van der Waals surface area contributed by atoms with E-state index in [0.717, 1.165) is 28.2 Å². The van der Waals surface area contributed by atoms with Crippen LogP contribution in [-0.2, 0) is 5.11 Å². The zero-order chi connectivity index (χ0) is 22.8. The summed E-state index contributed by atoms with van der Waals surface area (Å²) in [5, 5.41) is 15.8. The average Bonchev–Trinajstić information content (AvgIpc) is 3.25. The number of hydrogen-bond donors (Lipinski definition) is 1. The van der Waals surface area contributed by atoms with Crippen molar-refractivity contribution >= 4 is 22.6 Å². The first kappa shape index (κ1) is 20.4. The molecule has 5 rings (SSSR count). The third-order valence-electron chi connectivity index (χ3n) is 5.32. The van der Waals surface area contributed by atoms with Gasteiger partial charge in [0.25, 0.3) is 0 Å². The number of fused-ring (bicyclic) bond motifs is 1. The summed E-state index contributed by atoms with van der Waals surface area (Å²) in [6, 6.07) is 21.9. The molecule has 5 aromatic rings. The van der Waals surface area contributed by atoms with Gasteiger partial charge in [0, 0.05) is 22.9 Å². The predicted molar refractivity (Wildman–Crippen MR) is 126 cm³/mol. The number of anilines is 2. The summed E-state index contributed by atoms with van der Waals surface area (Å²) in [6.45, 7) is 0. The Bertz CT molecular complexity index is 1410. The molecule has 2 aromatic heterocycles. The van der Waals surface area contributed by atoms with E-state index < -0.39 is 0 Å². The fourth-order valence-electron chi connectivity index (χ4n) is 3.72. The van der Waals surface area contributed by atoms with E-state index in [4.69, 9.17) is 13.9 Å². The lowest BCUT2D eigenvalue weighted by molar-refractivity contribution is 0.355. The lowest BCUT2D eigenvalue weighted by Gasteiger charge is -2.09. The summed E-state index contributed by atoms with van der Waals surface area (Å²) in [5.74, 6) is 2.60. The van der Waals surface area contributed by atoms with Gasteiger partial charge in [0.15, 0.2) is 5.75 Å². The standard InChI is InChI=1S/C26H20N3O4/c1-31-20-10-6-16(7-11-20)22-23-25(29-18-4-3-5-19(30)14-18)27-15-28-26(23)33-24(22)17-8-12-21(32-2)13-9-17/h3-15H,1-2H3,(H,27,28,29). The number of aromatic nitrogens is 2. The summed E-state index contributed by atoms with van der Waals surface area (Å²) in [4.78, 5) is 8.83. The Balaban J connectivity index is 1.73. The second-order valence-electron chi connectivity index (χ2n) is 7.32. The first-order valence-electron chi connectivity index (χ1n) is 10.3. The summed E-state index contributed by atoms with van der Waals surface area (Å²) in [6.07, 6.45) is 1.44. The smallest absolute Gasteiger partial charge is 0.232 e. The maximum atomic E-state index is 11.8. The highest BCUT2D eigenvalue weighted by atomic mass is 16.5. The van der Waals surface area contributed by atoms with Gasteiger partial charge in [0.1, 0.15) is 29.4 Å². The van der Waals surface area contributed by atoms with Crippen LogP contribution in [0.4, 0.5) is 11.5 Å². The lowest BCUT2D eigenvalue weighted by Crippen LogP contribution is -1.95. The summed E-state index contributed by atoms with van der Waals surface area (Å²) in [7, 11) is 3.26. The molecule has 0 spiro atoms. The van der Waals surface area contributed by atoms with E-state index in [1.54, 1.807) is 20.3 Å². The molecule has 2 heterocycles. The highest BCUT2D eigenvalue weighted by molar-refractivity contribution is 6.06. The summed E-state index contributed by atoms with van der Waals surface area (Å²) < 4.78 is 16.9. The summed E-state index contributed by atoms with van der Waals surface area (Å²) >= 11 is 0. The van der Waals surface area contributed by atoms with Crippen molar-refractivity contribution in [2.75, 3.05) is 19.5 Å². The molecule has 163 valence electrons. The molecule has 3 aromatic carbocycles. The average molecular weight is 438 g/mol. The molecular formula is C26H20N3O4. The molecule has 0 fully saturated rings. The quantitative estimate of drug-likeness (QED) is 0.327. The van der Waals surface area contributed by atoms with Crippen LogP contribution in [0.1, 0.15) is 0 Å². The third-order valence-corrected chi connectivity index (χ3v) is 5.32. The van der Waals surface area contributed by atoms with Crippen molar-refractivity contribution in [3.63, 3.8) is 0 Å². The van der Waals surface area contributed by atoms with Gasteiger partial charge in [-0.05, 0) is 54.1 Å². The third kappa shape index (κ3) is 3.92. The molecule has 0 saturated heterocycles. The van der Waals surface area contributed by atoms with Gasteiger partial charge in [0.2, 0.25) is 5.71 Å². The first-order valence-corrected chi connectivity index (χ1v) is 10.3. The maximum absolute atomic E-state index is 11.8. The van der Waals surface area contributed by atoms with Gasteiger partial charge in [-0.2, -0.15) is 0 Å². The highest BCUT2D eigenvalue weighted by Gasteiger charge is 2.22. The van der Waals surface area contributed by atoms with E-state index in [-0.39, 0.29) is 5.75 Å². The second-order valence-corrected chi connectivity index (χ2v) is 7.32. The largest absolute Gasteiger partial charge is 0.497 e. The van der Waals surface area contributed by atoms with E-state index >= 15 is 0 Å². The lowest BCUT2D eigenvalue weighted by atomic mass is 9.99. The monoisotopic (exact) mass is 438 g/mol. The number of hydrogen-bond acceptors (Lipinski definition) is 6. The van der Waals surface area contributed by atoms with Crippen LogP contribution in [-0.4, -0.2) is 24.2 Å². The van der Waals surface area contributed by atoms with E-state index in [9.17, 15) is 5.11 Å². The van der Waals surface area contributed by atoms with Crippen LogP contribution in [0.3, 0.4) is 0 Å². The van der Waals surface area contributed by atoms with Crippen molar-refractivity contribution in [2.45, 2.75) is 0 Å². The van der Waals surface area contributed by atoms with Crippen LogP contribution in [0.2, 0.25) is 0 Å². The molecule has 0 amide bonds. The molecule has 0 atom stereocenters. The molecule has 7 heteroatoms. The Morgan fingerprint density at radius 3 is 2.12 bits per heavy atom. The van der Waals surface area contributed by atoms with E-state index in [1.165, 1.54) is 18.5 Å². The van der Waals surface area contributed by atoms with Gasteiger partial charge < -0.3 is 19.2 Å². The van der Waals surface area contributed by atoms with Gasteiger partial charge in [-0.15, -0.1) is 0 Å². The van der Waals surface area contributed by atoms with Gasteiger partial charge in [-0.1, -0.05) is 18.2 Å². The normalized spacial score (nSPS) is 10.8. The van der Waals surface area contributed by atoms with Gasteiger partial charge in [-0.25, -0.2) is 9.97 Å². The van der Waals surface area contributed by atoms with Crippen molar-refractivity contribution in [3.05, 3.63) is 79.1 Å². The minimum Gasteiger partial charge on any atom is -0.497 e. The second kappa shape index (κ2) is 8.55. The van der Waals surface area contributed by atoms with Crippen molar-refractivity contribution < 1.29 is 19.0 Å². The number of nitrogens with one attached hydrogen (secondary N) is 1. The molecule has 0 aliphatic carbocycles. The molecule has 1 N–H and O–H groups in total. The number of benzene rings is 3. The van der Waals surface area contributed by atoms with Crippen molar-refractivity contribution in [2.24, 2.45) is 0 Å². The van der Waals surface area contributed by atoms with Gasteiger partial charge >= 0.3 is 0 Å². The number of ether oxygens (including phenoxy) is 2. The molecule has 0 unspecified atom stereocenters. The Morgan fingerprint density at radius 1 is 0.818 bits per heavy atom. The number of rotatable bonds is 6. The fourth-order valence-corrected chi connectivity index (χ4v) is 3.72. The molecular weight excluding hydrogens is 418 g/mol. The van der Waals surface area contributed by atoms with Crippen molar-refractivity contribution in [1.29, 1.82) is 0 Å². The van der Waals surface area contributed by atoms with Crippen LogP contribution in [0.5, 0.6) is 17.2 Å². The molecule has 0 bridgehead atoms. The van der Waals surface area contributed by atoms with E-state index in [0.29, 0.717) is 28.4 Å². The molecule has 0 aliphatic heterocycles. The number of furan rings is 1. The fraction of sp³-hybridized carbons (Fsp3) is 0.0769. The van der Waals surface area contributed by atoms with Gasteiger partial charge in [-0.3, -0.25) is 5.11 Å². The minimum atomic E-state index is -0.0909. The van der Waals surface area contributed by atoms with Crippen LogP contribution >= 0.6 is 0 Å². The molecule has 7 nitrogen and oxygen atoms in total. The van der Waals surface area contributed by atoms with Crippen LogP contribution in [0, 0.1) is 0 Å². The van der Waals surface area contributed by atoms with Crippen molar-refractivity contribution in [1.82, 2.24) is 9.97 Å². The first-order chi connectivity index (χ1) is 16.2. The Labute approximate surface area is 190 Å². The predicted octanol–water partition coefficient (Wildman–Crippen LogP) is 6.46. The number of nitrogens with zero attached hydrogens (tertiary/aromatic N) is 2. The number of methoxy groups -OCH3 is 2. The van der Waals surface area contributed by atoms with E-state index in [2.05, 4.69) is 15.3 Å². The van der Waals surface area contributed by atoms with Gasteiger partial charge in [0.05, 0.1) is 19.6 Å². The minimum absolute atomic E-state index is 0.0909. The molecule has 0 aliphatic rings. The topological polar surface area (TPSA) is 89.3 Å². The molecule has 33 heavy (non-hydrogen) atoms. The Hall–Kier alpha value is -4.52. The Morgan fingerprint density at radius 2 is 1.48 bits per heavy atom. The zero-order valence-electron chi connectivity index (χ0n) is 18.0. The molecule has 0 saturated carbocycles. The molecule has 1 radical (unpaired) electrons. The maximum Gasteiger partial charge on any atom is 0.232 e. The van der Waals surface area contributed by atoms with Crippen LogP contribution in [0.15, 0.2) is 83.5 Å². The summed E-state index contributed by atoms with van der Waals surface area (Å²) in [5.41, 5.74) is 3.68.